The average Bonchev–Trinajstić information content (AvgIpc) is 2.94. The number of allylic oxidation sites excluding steroid dienone is 2. The third-order valence-electron chi connectivity index (χ3n) is 3.69. The van der Waals surface area contributed by atoms with Gasteiger partial charge in [0.25, 0.3) is 0 Å². The molecule has 1 N–H and O–H groups in total. The highest BCUT2D eigenvalue weighted by Crippen LogP contribution is 2.38. The van der Waals surface area contributed by atoms with Crippen LogP contribution in [0.15, 0.2) is 41.9 Å². The van der Waals surface area contributed by atoms with Crippen LogP contribution in [0.2, 0.25) is 0 Å². The molecule has 114 valence electrons. The molecule has 6 heteroatoms. The third-order valence-corrected chi connectivity index (χ3v) is 3.69. The summed E-state index contributed by atoms with van der Waals surface area (Å²) in [5.41, 5.74) is 2.37. The lowest BCUT2D eigenvalue weighted by Crippen LogP contribution is -2.28. The molecule has 0 bridgehead atoms. The summed E-state index contributed by atoms with van der Waals surface area (Å²) in [6.45, 7) is 5.95. The molecule has 6 nitrogen and oxygen atoms in total. The van der Waals surface area contributed by atoms with Gasteiger partial charge in [-0.15, -0.1) is 0 Å². The number of Topliss-reactive ketones (excluding diaryl/α,β-unsaturated/α-hetero) is 1. The monoisotopic (exact) mass is 298 g/mol. The minimum atomic E-state index is -0.334. The van der Waals surface area contributed by atoms with Gasteiger partial charge in [0, 0.05) is 16.8 Å². The van der Waals surface area contributed by atoms with E-state index in [1.54, 1.807) is 11.6 Å². The number of fused-ring (bicyclic) bond motifs is 1. The maximum atomic E-state index is 12.2. The van der Waals surface area contributed by atoms with Crippen molar-refractivity contribution in [2.45, 2.75) is 26.8 Å². The van der Waals surface area contributed by atoms with E-state index in [1.807, 2.05) is 38.1 Å². The first-order valence-electron chi connectivity index (χ1n) is 7.23. The van der Waals surface area contributed by atoms with Crippen LogP contribution in [-0.4, -0.2) is 27.2 Å². The van der Waals surface area contributed by atoms with E-state index in [0.717, 1.165) is 17.0 Å². The fraction of sp³-hybridized carbons (Fsp3) is 0.312. The molecule has 22 heavy (non-hydrogen) atoms. The van der Waals surface area contributed by atoms with E-state index in [-0.39, 0.29) is 11.8 Å². The number of hydrogen-bond donors (Lipinski definition) is 1. The van der Waals surface area contributed by atoms with Crippen molar-refractivity contribution in [2.24, 2.45) is 0 Å². The Labute approximate surface area is 128 Å². The number of para-hydroxylation sites is 1. The molecule has 1 aromatic heterocycles. The molecule has 1 aliphatic rings. The second kappa shape index (κ2) is 5.63. The summed E-state index contributed by atoms with van der Waals surface area (Å²) in [6.07, 6.45) is 1.48. The zero-order valence-electron chi connectivity index (χ0n) is 12.8. The molecule has 0 saturated carbocycles. The topological polar surface area (TPSA) is 69.0 Å². The van der Waals surface area contributed by atoms with Gasteiger partial charge in [-0.2, -0.15) is 10.1 Å². The second-order valence-electron chi connectivity index (χ2n) is 5.12. The highest BCUT2D eigenvalue weighted by atomic mass is 16.5. The number of ether oxygens (including phenoxy) is 1. The van der Waals surface area contributed by atoms with Crippen molar-refractivity contribution in [1.29, 1.82) is 0 Å². The van der Waals surface area contributed by atoms with Crippen LogP contribution in [0.25, 0.3) is 0 Å². The van der Waals surface area contributed by atoms with E-state index >= 15 is 0 Å². The Morgan fingerprint density at radius 2 is 2.18 bits per heavy atom. The molecule has 2 heterocycles. The van der Waals surface area contributed by atoms with Gasteiger partial charge in [-0.3, -0.25) is 4.79 Å². The molecule has 1 aromatic carbocycles. The van der Waals surface area contributed by atoms with Gasteiger partial charge in [0.15, 0.2) is 5.78 Å². The predicted molar refractivity (Wildman–Crippen MR) is 82.8 cm³/mol. The normalized spacial score (nSPS) is 17.0. The van der Waals surface area contributed by atoms with E-state index in [0.29, 0.717) is 18.1 Å². The van der Waals surface area contributed by atoms with Crippen LogP contribution in [0.5, 0.6) is 5.75 Å². The van der Waals surface area contributed by atoms with Crippen molar-refractivity contribution in [3.8, 4) is 5.75 Å². The lowest BCUT2D eigenvalue weighted by molar-refractivity contribution is -0.114. The van der Waals surface area contributed by atoms with E-state index < -0.39 is 0 Å². The van der Waals surface area contributed by atoms with Crippen molar-refractivity contribution in [3.05, 3.63) is 47.4 Å². The SMILES string of the molecule is CCOc1ccccc1[C@H]1C(C(C)=O)=C(C)Nc2ncnn21. The molecule has 1 atom stereocenters. The van der Waals surface area contributed by atoms with Gasteiger partial charge in [-0.1, -0.05) is 18.2 Å². The Balaban J connectivity index is 2.21. The summed E-state index contributed by atoms with van der Waals surface area (Å²) >= 11 is 0. The molecule has 0 radical (unpaired) electrons. The van der Waals surface area contributed by atoms with Crippen LogP contribution in [0.4, 0.5) is 5.95 Å². The first-order chi connectivity index (χ1) is 10.6. The number of nitrogens with zero attached hydrogens (tertiary/aromatic N) is 3. The van der Waals surface area contributed by atoms with Gasteiger partial charge in [0.1, 0.15) is 18.1 Å². The Morgan fingerprint density at radius 3 is 2.91 bits per heavy atom. The van der Waals surface area contributed by atoms with Crippen LogP contribution >= 0.6 is 0 Å². The standard InChI is InChI=1S/C16H18N4O2/c1-4-22-13-8-6-5-7-12(13)15-14(11(3)21)10(2)19-16-17-9-18-20(15)16/h5-9,15H,4H2,1-3H3,(H,17,18,19)/t15-/m0/s1. The first-order valence-corrected chi connectivity index (χ1v) is 7.23. The molecule has 0 saturated heterocycles. The Bertz CT molecular complexity index is 748. The van der Waals surface area contributed by atoms with E-state index in [1.165, 1.54) is 6.33 Å². The number of anilines is 1. The zero-order chi connectivity index (χ0) is 15.7. The maximum absolute atomic E-state index is 12.2. The van der Waals surface area contributed by atoms with Crippen LogP contribution in [0.3, 0.4) is 0 Å². The summed E-state index contributed by atoms with van der Waals surface area (Å²) in [7, 11) is 0. The van der Waals surface area contributed by atoms with Crippen molar-refractivity contribution in [1.82, 2.24) is 14.8 Å². The number of benzene rings is 1. The summed E-state index contributed by atoms with van der Waals surface area (Å²) in [5.74, 6) is 1.38. The largest absolute Gasteiger partial charge is 0.494 e. The predicted octanol–water partition coefficient (Wildman–Crippen LogP) is 2.55. The van der Waals surface area contributed by atoms with Crippen molar-refractivity contribution >= 4 is 11.7 Å². The van der Waals surface area contributed by atoms with Crippen molar-refractivity contribution < 1.29 is 9.53 Å². The Hall–Kier alpha value is -2.63. The van der Waals surface area contributed by atoms with Gasteiger partial charge in [-0.05, 0) is 26.8 Å². The van der Waals surface area contributed by atoms with E-state index in [4.69, 9.17) is 4.74 Å². The number of nitrogens with one attached hydrogen (secondary N) is 1. The average molecular weight is 298 g/mol. The van der Waals surface area contributed by atoms with E-state index in [2.05, 4.69) is 15.4 Å². The molecule has 1 aliphatic heterocycles. The molecular weight excluding hydrogens is 280 g/mol. The van der Waals surface area contributed by atoms with Crippen LogP contribution in [0, 0.1) is 0 Å². The fourth-order valence-corrected chi connectivity index (χ4v) is 2.83. The lowest BCUT2D eigenvalue weighted by atomic mass is 9.92. The molecular formula is C16H18N4O2. The third kappa shape index (κ3) is 2.26. The first kappa shape index (κ1) is 14.3. The lowest BCUT2D eigenvalue weighted by Gasteiger charge is -2.29. The van der Waals surface area contributed by atoms with Crippen LogP contribution in [-0.2, 0) is 4.79 Å². The van der Waals surface area contributed by atoms with Gasteiger partial charge >= 0.3 is 0 Å². The van der Waals surface area contributed by atoms with Crippen LogP contribution < -0.4 is 10.1 Å². The maximum Gasteiger partial charge on any atom is 0.226 e. The zero-order valence-corrected chi connectivity index (χ0v) is 12.8. The molecule has 0 spiro atoms. The number of aromatic nitrogens is 3. The Morgan fingerprint density at radius 1 is 1.41 bits per heavy atom. The summed E-state index contributed by atoms with van der Waals surface area (Å²) in [6, 6.07) is 7.39. The van der Waals surface area contributed by atoms with Gasteiger partial charge in [-0.25, -0.2) is 4.68 Å². The number of carbonyl (C=O) groups is 1. The number of carbonyl (C=O) groups excluding carboxylic acids is 1. The van der Waals surface area contributed by atoms with Crippen molar-refractivity contribution in [2.75, 3.05) is 11.9 Å². The fourth-order valence-electron chi connectivity index (χ4n) is 2.83. The second-order valence-corrected chi connectivity index (χ2v) is 5.12. The smallest absolute Gasteiger partial charge is 0.226 e. The molecule has 0 fully saturated rings. The minimum absolute atomic E-state index is 0.00227. The van der Waals surface area contributed by atoms with Crippen molar-refractivity contribution in [3.63, 3.8) is 0 Å². The van der Waals surface area contributed by atoms with Gasteiger partial charge in [0.05, 0.1) is 6.61 Å². The highest BCUT2D eigenvalue weighted by Gasteiger charge is 2.33. The molecule has 3 rings (SSSR count). The van der Waals surface area contributed by atoms with Crippen LogP contribution in [0.1, 0.15) is 32.4 Å². The van der Waals surface area contributed by atoms with E-state index in [9.17, 15) is 4.79 Å². The number of rotatable bonds is 4. The molecule has 0 aliphatic carbocycles. The number of ketones is 1. The molecule has 2 aromatic rings. The molecule has 0 amide bonds. The highest BCUT2D eigenvalue weighted by molar-refractivity contribution is 5.96. The number of hydrogen-bond acceptors (Lipinski definition) is 5. The minimum Gasteiger partial charge on any atom is -0.494 e. The van der Waals surface area contributed by atoms with Gasteiger partial charge in [0.2, 0.25) is 5.95 Å². The Kier molecular flexibility index (Phi) is 3.66. The molecule has 0 unspecified atom stereocenters. The quantitative estimate of drug-likeness (QED) is 0.939. The summed E-state index contributed by atoms with van der Waals surface area (Å²) in [5, 5.41) is 7.41. The summed E-state index contributed by atoms with van der Waals surface area (Å²) < 4.78 is 7.45. The van der Waals surface area contributed by atoms with Gasteiger partial charge < -0.3 is 10.1 Å². The summed E-state index contributed by atoms with van der Waals surface area (Å²) in [4.78, 5) is 16.4.